The first-order valence-electron chi connectivity index (χ1n) is 7.23. The number of hydrogen-bond donors (Lipinski definition) is 1. The van der Waals surface area contributed by atoms with Crippen molar-refractivity contribution in [2.45, 2.75) is 47.5 Å². The maximum atomic E-state index is 9.58. The summed E-state index contributed by atoms with van der Waals surface area (Å²) >= 11 is 0. The van der Waals surface area contributed by atoms with Crippen molar-refractivity contribution in [1.82, 2.24) is 0 Å². The van der Waals surface area contributed by atoms with E-state index in [-0.39, 0.29) is 18.6 Å². The highest BCUT2D eigenvalue weighted by molar-refractivity contribution is 6.00. The van der Waals surface area contributed by atoms with E-state index in [0.717, 1.165) is 22.5 Å². The Balaban J connectivity index is 0.00000242. The topological polar surface area (TPSA) is 32.6 Å². The monoisotopic (exact) mass is 297 g/mol. The lowest BCUT2D eigenvalue weighted by Gasteiger charge is -2.19. The Morgan fingerprint density at radius 3 is 2.14 bits per heavy atom. The second kappa shape index (κ2) is 6.78. The lowest BCUT2D eigenvalue weighted by Crippen LogP contribution is -2.11. The molecule has 118 valence electrons. The molecule has 0 atom stereocenters. The van der Waals surface area contributed by atoms with E-state index in [1.807, 2.05) is 19.9 Å². The molecule has 0 aliphatic rings. The molecule has 0 saturated heterocycles. The number of hydrogen-bond acceptors (Lipinski definition) is 2. The Kier molecular flexibility index (Phi) is 5.54. The maximum Gasteiger partial charge on any atom is 0.117 e. The molecule has 0 amide bonds. The average Bonchev–Trinajstić information content (AvgIpc) is 2.42. The summed E-state index contributed by atoms with van der Waals surface area (Å²) < 4.78 is 0. The van der Waals surface area contributed by atoms with Gasteiger partial charge in [0.25, 0.3) is 0 Å². The summed E-state index contributed by atoms with van der Waals surface area (Å²) in [6.07, 6.45) is 0. The molecule has 2 aromatic rings. The normalized spacial score (nSPS) is 12.0. The van der Waals surface area contributed by atoms with E-state index in [1.54, 1.807) is 12.1 Å². The molecule has 0 aliphatic carbocycles. The Labute approximate surface area is 134 Å². The first-order valence-corrected chi connectivity index (χ1v) is 7.23. The smallest absolute Gasteiger partial charge is 0.117 e. The highest BCUT2D eigenvalue weighted by atomic mass is 16.3. The van der Waals surface area contributed by atoms with Crippen LogP contribution in [0.4, 0.5) is 5.69 Å². The van der Waals surface area contributed by atoms with E-state index in [4.69, 9.17) is 0 Å². The number of phenols is 1. The second-order valence-electron chi connectivity index (χ2n) is 6.50. The lowest BCUT2D eigenvalue weighted by atomic mass is 9.86. The van der Waals surface area contributed by atoms with Crippen molar-refractivity contribution in [3.05, 3.63) is 59.2 Å². The van der Waals surface area contributed by atoms with Gasteiger partial charge in [-0.1, -0.05) is 58.5 Å². The van der Waals surface area contributed by atoms with Gasteiger partial charge in [-0.25, -0.2) is 0 Å². The predicted molar refractivity (Wildman–Crippen MR) is 96.6 cm³/mol. The molecule has 0 fully saturated rings. The molecular formula is C20H27NO. The van der Waals surface area contributed by atoms with Crippen molar-refractivity contribution in [2.75, 3.05) is 0 Å². The average molecular weight is 297 g/mol. The predicted octanol–water partition coefficient (Wildman–Crippen LogP) is 5.77. The maximum absolute atomic E-state index is 9.58. The number of aliphatic imine (C=N–C) groups is 1. The Bertz CT molecular complexity index is 661. The molecule has 0 aliphatic heterocycles. The van der Waals surface area contributed by atoms with Crippen molar-refractivity contribution >= 4 is 11.4 Å². The van der Waals surface area contributed by atoms with E-state index >= 15 is 0 Å². The number of rotatable bonds is 2. The quantitative estimate of drug-likeness (QED) is 0.701. The van der Waals surface area contributed by atoms with Crippen LogP contribution in [-0.2, 0) is 5.41 Å². The fourth-order valence-electron chi connectivity index (χ4n) is 2.17. The zero-order valence-corrected chi connectivity index (χ0v) is 13.4. The van der Waals surface area contributed by atoms with Crippen LogP contribution in [-0.4, -0.2) is 10.8 Å². The highest BCUT2D eigenvalue weighted by Crippen LogP contribution is 2.26. The minimum atomic E-state index is 0. The standard InChI is InChI=1S/C19H23NO.CH4/c1-13-6-11-17(21)12-18(13)20-14(2)15-7-9-16(10-8-15)19(3,4)5;/h6-12,21H,1-5H3;1H4. The number of aromatic hydroxyl groups is 1. The van der Waals surface area contributed by atoms with Crippen LogP contribution in [0.3, 0.4) is 0 Å². The zero-order valence-electron chi connectivity index (χ0n) is 13.4. The van der Waals surface area contributed by atoms with Crippen LogP contribution in [0.15, 0.2) is 47.5 Å². The van der Waals surface area contributed by atoms with Crippen LogP contribution in [0.2, 0.25) is 0 Å². The van der Waals surface area contributed by atoms with Gasteiger partial charge in [0, 0.05) is 11.8 Å². The van der Waals surface area contributed by atoms with E-state index in [9.17, 15) is 5.11 Å². The third kappa shape index (κ3) is 4.20. The molecule has 2 aromatic carbocycles. The summed E-state index contributed by atoms with van der Waals surface area (Å²) in [6.45, 7) is 10.6. The molecular weight excluding hydrogens is 270 g/mol. The molecule has 0 aromatic heterocycles. The molecule has 22 heavy (non-hydrogen) atoms. The molecule has 2 nitrogen and oxygen atoms in total. The minimum Gasteiger partial charge on any atom is -0.508 e. The lowest BCUT2D eigenvalue weighted by molar-refractivity contribution is 0.475. The van der Waals surface area contributed by atoms with Crippen LogP contribution >= 0.6 is 0 Å². The van der Waals surface area contributed by atoms with E-state index in [2.05, 4.69) is 50.0 Å². The van der Waals surface area contributed by atoms with E-state index in [1.165, 1.54) is 5.56 Å². The number of nitrogens with zero attached hydrogens (tertiary/aromatic N) is 1. The zero-order chi connectivity index (χ0) is 15.6. The van der Waals surface area contributed by atoms with Crippen molar-refractivity contribution in [3.8, 4) is 5.75 Å². The first-order chi connectivity index (χ1) is 9.77. The van der Waals surface area contributed by atoms with Gasteiger partial charge in [0.2, 0.25) is 0 Å². The molecule has 2 heteroatoms. The van der Waals surface area contributed by atoms with Crippen LogP contribution in [0.25, 0.3) is 0 Å². The fraction of sp³-hybridized carbons (Fsp3) is 0.350. The van der Waals surface area contributed by atoms with Crippen LogP contribution in [0, 0.1) is 6.92 Å². The number of aryl methyl sites for hydroxylation is 1. The van der Waals surface area contributed by atoms with E-state index in [0.29, 0.717) is 0 Å². The van der Waals surface area contributed by atoms with Crippen molar-refractivity contribution < 1.29 is 5.11 Å². The van der Waals surface area contributed by atoms with Crippen molar-refractivity contribution in [2.24, 2.45) is 4.99 Å². The highest BCUT2D eigenvalue weighted by Gasteiger charge is 2.13. The molecule has 0 radical (unpaired) electrons. The largest absolute Gasteiger partial charge is 0.508 e. The van der Waals surface area contributed by atoms with Gasteiger partial charge in [0.15, 0.2) is 0 Å². The van der Waals surface area contributed by atoms with Gasteiger partial charge in [-0.2, -0.15) is 0 Å². The third-order valence-corrected chi connectivity index (χ3v) is 3.65. The summed E-state index contributed by atoms with van der Waals surface area (Å²) in [4.78, 5) is 4.64. The van der Waals surface area contributed by atoms with Crippen LogP contribution in [0.5, 0.6) is 5.75 Å². The van der Waals surface area contributed by atoms with Crippen LogP contribution in [0.1, 0.15) is 51.8 Å². The summed E-state index contributed by atoms with van der Waals surface area (Å²) in [5, 5.41) is 9.58. The number of phenolic OH excluding ortho intramolecular Hbond substituents is 1. The van der Waals surface area contributed by atoms with Gasteiger partial charge in [-0.05, 0) is 42.0 Å². The molecule has 0 spiro atoms. The van der Waals surface area contributed by atoms with Gasteiger partial charge in [-0.15, -0.1) is 0 Å². The van der Waals surface area contributed by atoms with E-state index < -0.39 is 0 Å². The van der Waals surface area contributed by atoms with Gasteiger partial charge in [-0.3, -0.25) is 4.99 Å². The Morgan fingerprint density at radius 1 is 1.00 bits per heavy atom. The molecule has 0 unspecified atom stereocenters. The van der Waals surface area contributed by atoms with Gasteiger partial charge < -0.3 is 5.11 Å². The van der Waals surface area contributed by atoms with Crippen molar-refractivity contribution in [1.29, 1.82) is 0 Å². The molecule has 0 bridgehead atoms. The summed E-state index contributed by atoms with van der Waals surface area (Å²) in [7, 11) is 0. The minimum absolute atomic E-state index is 0. The number of benzene rings is 2. The van der Waals surface area contributed by atoms with Gasteiger partial charge in [0.05, 0.1) is 5.69 Å². The summed E-state index contributed by atoms with van der Waals surface area (Å²) in [5.74, 6) is 0.246. The fourth-order valence-corrected chi connectivity index (χ4v) is 2.17. The van der Waals surface area contributed by atoms with Crippen LogP contribution < -0.4 is 0 Å². The molecule has 2 rings (SSSR count). The Hall–Kier alpha value is -2.09. The second-order valence-corrected chi connectivity index (χ2v) is 6.50. The van der Waals surface area contributed by atoms with Gasteiger partial charge in [0.1, 0.15) is 5.75 Å². The Morgan fingerprint density at radius 2 is 1.59 bits per heavy atom. The SMILES string of the molecule is C.CC(=Nc1cc(O)ccc1C)c1ccc(C(C)(C)C)cc1. The third-order valence-electron chi connectivity index (χ3n) is 3.65. The first kappa shape index (κ1) is 18.0. The molecule has 0 heterocycles. The molecule has 1 N–H and O–H groups in total. The summed E-state index contributed by atoms with van der Waals surface area (Å²) in [6, 6.07) is 13.8. The molecule has 0 saturated carbocycles. The van der Waals surface area contributed by atoms with Crippen molar-refractivity contribution in [3.63, 3.8) is 0 Å². The summed E-state index contributed by atoms with van der Waals surface area (Å²) in [5.41, 5.74) is 5.39. The van der Waals surface area contributed by atoms with Gasteiger partial charge >= 0.3 is 0 Å².